The summed E-state index contributed by atoms with van der Waals surface area (Å²) in [5.41, 5.74) is 10.7. The van der Waals surface area contributed by atoms with E-state index in [2.05, 4.69) is 48.0 Å². The Labute approximate surface area is 158 Å². The molecule has 1 aliphatic heterocycles. The number of nitrogens with two attached hydrogens (primary N) is 1. The van der Waals surface area contributed by atoms with Gasteiger partial charge in [-0.15, -0.1) is 0 Å². The molecule has 3 nitrogen and oxygen atoms in total. The van der Waals surface area contributed by atoms with Gasteiger partial charge in [0, 0.05) is 35.1 Å². The van der Waals surface area contributed by atoms with Gasteiger partial charge in [0.15, 0.2) is 0 Å². The van der Waals surface area contributed by atoms with Crippen molar-refractivity contribution >= 4 is 10.9 Å². The molecule has 3 N–H and O–H groups in total. The van der Waals surface area contributed by atoms with E-state index in [-0.39, 0.29) is 0 Å². The molecule has 1 aromatic heterocycles. The molecule has 0 unspecified atom stereocenters. The third-order valence-electron chi connectivity index (χ3n) is 7.04. The molecule has 1 saturated carbocycles. The second kappa shape index (κ2) is 7.74. The van der Waals surface area contributed by atoms with E-state index in [1.165, 1.54) is 55.0 Å². The molecular weight excluding hydrogens is 318 g/mol. The fourth-order valence-corrected chi connectivity index (χ4v) is 5.52. The molecule has 1 saturated heterocycles. The van der Waals surface area contributed by atoms with Gasteiger partial charge in [-0.1, -0.05) is 32.0 Å². The molecule has 2 fully saturated rings. The predicted octanol–water partition coefficient (Wildman–Crippen LogP) is 4.95. The molecule has 4 rings (SSSR count). The van der Waals surface area contributed by atoms with Crippen LogP contribution in [0.15, 0.2) is 24.3 Å². The maximum atomic E-state index is 6.30. The lowest BCUT2D eigenvalue weighted by Crippen LogP contribution is -2.30. The minimum atomic E-state index is 0.653. The first-order valence-electron chi connectivity index (χ1n) is 10.7. The average molecular weight is 354 g/mol. The van der Waals surface area contributed by atoms with E-state index >= 15 is 0 Å². The van der Waals surface area contributed by atoms with Crippen LogP contribution in [0.3, 0.4) is 0 Å². The van der Waals surface area contributed by atoms with Crippen LogP contribution in [-0.4, -0.2) is 17.7 Å². The van der Waals surface area contributed by atoms with Crippen molar-refractivity contribution in [1.82, 2.24) is 9.88 Å². The highest BCUT2D eigenvalue weighted by molar-refractivity contribution is 5.86. The van der Waals surface area contributed by atoms with Crippen molar-refractivity contribution in [3.05, 3.63) is 35.5 Å². The van der Waals surface area contributed by atoms with Crippen molar-refractivity contribution < 1.29 is 0 Å². The summed E-state index contributed by atoms with van der Waals surface area (Å²) < 4.78 is 2.74. The normalized spacial score (nSPS) is 25.2. The first-order chi connectivity index (χ1) is 12.7. The number of fused-ring (bicyclic) bond motifs is 1. The van der Waals surface area contributed by atoms with E-state index in [9.17, 15) is 0 Å². The van der Waals surface area contributed by atoms with Crippen LogP contribution in [0.2, 0.25) is 0 Å². The number of aromatic nitrogens is 1. The molecule has 1 aliphatic carbocycles. The number of hydrogen-bond donors (Lipinski definition) is 2. The highest BCUT2D eigenvalue weighted by Crippen LogP contribution is 2.43. The van der Waals surface area contributed by atoms with E-state index in [1.54, 1.807) is 5.69 Å². The van der Waals surface area contributed by atoms with Crippen LogP contribution < -0.4 is 11.1 Å². The minimum Gasteiger partial charge on any atom is -0.341 e. The average Bonchev–Trinajstić information content (AvgIpc) is 3.03. The Bertz CT molecular complexity index is 731. The molecule has 0 amide bonds. The molecule has 26 heavy (non-hydrogen) atoms. The van der Waals surface area contributed by atoms with Gasteiger partial charge in [-0.2, -0.15) is 0 Å². The number of hydrogen-bond acceptors (Lipinski definition) is 2. The summed E-state index contributed by atoms with van der Waals surface area (Å²) in [5.74, 6) is 2.38. The van der Waals surface area contributed by atoms with Gasteiger partial charge in [0.1, 0.15) is 0 Å². The molecule has 0 spiro atoms. The lowest BCUT2D eigenvalue weighted by atomic mass is 9.79. The summed E-state index contributed by atoms with van der Waals surface area (Å²) in [5, 5.41) is 4.93. The van der Waals surface area contributed by atoms with Crippen LogP contribution in [0.4, 0.5) is 0 Å². The molecule has 0 bridgehead atoms. The molecular formula is C23H35N3. The van der Waals surface area contributed by atoms with Crippen LogP contribution in [0.1, 0.15) is 75.6 Å². The van der Waals surface area contributed by atoms with Crippen molar-refractivity contribution in [3.8, 4) is 0 Å². The second-order valence-corrected chi connectivity index (χ2v) is 8.79. The summed E-state index contributed by atoms with van der Waals surface area (Å²) in [6, 6.07) is 9.64. The molecule has 0 atom stereocenters. The summed E-state index contributed by atoms with van der Waals surface area (Å²) in [6.07, 6.45) is 7.87. The highest BCUT2D eigenvalue weighted by atomic mass is 15.0. The Morgan fingerprint density at radius 3 is 2.38 bits per heavy atom. The third-order valence-corrected chi connectivity index (χ3v) is 7.04. The van der Waals surface area contributed by atoms with E-state index in [4.69, 9.17) is 5.73 Å². The largest absolute Gasteiger partial charge is 0.341 e. The minimum absolute atomic E-state index is 0.653. The molecule has 142 valence electrons. The molecule has 1 aromatic carbocycles. The van der Waals surface area contributed by atoms with Gasteiger partial charge in [-0.3, -0.25) is 0 Å². The fraction of sp³-hybridized carbons (Fsp3) is 0.652. The topological polar surface area (TPSA) is 43.0 Å². The predicted molar refractivity (Wildman–Crippen MR) is 111 cm³/mol. The fourth-order valence-electron chi connectivity index (χ4n) is 5.52. The van der Waals surface area contributed by atoms with Gasteiger partial charge in [0.2, 0.25) is 0 Å². The summed E-state index contributed by atoms with van der Waals surface area (Å²) in [6.45, 7) is 7.72. The lowest BCUT2D eigenvalue weighted by molar-refractivity contribution is 0.224. The van der Waals surface area contributed by atoms with Gasteiger partial charge >= 0.3 is 0 Å². The highest BCUT2D eigenvalue weighted by Gasteiger charge is 2.31. The van der Waals surface area contributed by atoms with Crippen LogP contribution in [0.25, 0.3) is 10.9 Å². The van der Waals surface area contributed by atoms with Gasteiger partial charge in [0.25, 0.3) is 0 Å². The van der Waals surface area contributed by atoms with Crippen molar-refractivity contribution in [1.29, 1.82) is 0 Å². The zero-order valence-corrected chi connectivity index (χ0v) is 16.5. The first-order valence-corrected chi connectivity index (χ1v) is 10.7. The Morgan fingerprint density at radius 2 is 1.73 bits per heavy atom. The maximum absolute atomic E-state index is 6.30. The molecule has 0 radical (unpaired) electrons. The molecule has 3 heteroatoms. The van der Waals surface area contributed by atoms with Crippen molar-refractivity contribution in [2.45, 2.75) is 70.9 Å². The summed E-state index contributed by atoms with van der Waals surface area (Å²) in [4.78, 5) is 0. The van der Waals surface area contributed by atoms with E-state index in [0.717, 1.165) is 24.9 Å². The first kappa shape index (κ1) is 18.1. The number of rotatable bonds is 4. The zero-order chi connectivity index (χ0) is 18.1. The van der Waals surface area contributed by atoms with Crippen LogP contribution in [-0.2, 0) is 6.54 Å². The number of benzene rings is 1. The van der Waals surface area contributed by atoms with Crippen molar-refractivity contribution in [2.75, 3.05) is 13.1 Å². The zero-order valence-electron chi connectivity index (χ0n) is 16.5. The summed E-state index contributed by atoms with van der Waals surface area (Å²) in [7, 11) is 0. The lowest BCUT2D eigenvalue weighted by Gasteiger charge is -2.35. The number of nitrogens with one attached hydrogen (secondary N) is 1. The quantitative estimate of drug-likeness (QED) is 0.816. The Hall–Kier alpha value is -1.32. The molecule has 2 aromatic rings. The van der Waals surface area contributed by atoms with Gasteiger partial charge < -0.3 is 15.6 Å². The van der Waals surface area contributed by atoms with Crippen molar-refractivity contribution in [2.24, 2.45) is 17.6 Å². The number of para-hydroxylation sites is 1. The smallest absolute Gasteiger partial charge is 0.0488 e. The van der Waals surface area contributed by atoms with E-state index in [1.807, 2.05) is 0 Å². The molecule has 2 heterocycles. The second-order valence-electron chi connectivity index (χ2n) is 8.79. The Kier molecular flexibility index (Phi) is 5.37. The maximum Gasteiger partial charge on any atom is 0.0488 e. The standard InChI is InChI=1S/C23H35N3/c1-16(2)17-7-9-19(10-8-17)26-22-6-4-3-5-20(22)21(15-24)23(26)18-11-13-25-14-12-18/h3-6,16-19,25H,7-15,24H2,1-2H3. The van der Waals surface area contributed by atoms with Crippen LogP contribution >= 0.6 is 0 Å². The summed E-state index contributed by atoms with van der Waals surface area (Å²) >= 11 is 0. The monoisotopic (exact) mass is 353 g/mol. The Morgan fingerprint density at radius 1 is 1.04 bits per heavy atom. The number of piperidine rings is 1. The Balaban J connectivity index is 1.77. The SMILES string of the molecule is CC(C)C1CCC(n2c(C3CCNCC3)c(CN)c3ccccc32)CC1. The van der Waals surface area contributed by atoms with E-state index < -0.39 is 0 Å². The van der Waals surface area contributed by atoms with Gasteiger partial charge in [-0.05, 0) is 75.1 Å². The van der Waals surface area contributed by atoms with Gasteiger partial charge in [-0.25, -0.2) is 0 Å². The molecule has 2 aliphatic rings. The van der Waals surface area contributed by atoms with Gasteiger partial charge in [0.05, 0.1) is 0 Å². The van der Waals surface area contributed by atoms with Crippen molar-refractivity contribution in [3.63, 3.8) is 0 Å². The third kappa shape index (κ3) is 3.20. The number of nitrogens with zero attached hydrogens (tertiary/aromatic N) is 1. The van der Waals surface area contributed by atoms with E-state index in [0.29, 0.717) is 18.5 Å². The van der Waals surface area contributed by atoms with Crippen LogP contribution in [0.5, 0.6) is 0 Å². The van der Waals surface area contributed by atoms with Crippen LogP contribution in [0, 0.1) is 11.8 Å².